The van der Waals surface area contributed by atoms with Crippen LogP contribution in [0, 0.1) is 17.6 Å². The first-order valence-electron chi connectivity index (χ1n) is 12.4. The molecule has 37 heavy (non-hydrogen) atoms. The number of aliphatic hydroxyl groups excluding tert-OH is 1. The zero-order valence-corrected chi connectivity index (χ0v) is 20.7. The van der Waals surface area contributed by atoms with E-state index in [1.807, 2.05) is 19.9 Å². The van der Waals surface area contributed by atoms with Gasteiger partial charge in [-0.05, 0) is 73.1 Å². The number of nitrogens with one attached hydrogen (secondary N) is 1. The van der Waals surface area contributed by atoms with Crippen molar-refractivity contribution in [2.24, 2.45) is 11.7 Å². The van der Waals surface area contributed by atoms with Crippen LogP contribution in [0.2, 0.25) is 0 Å². The Morgan fingerprint density at radius 3 is 2.68 bits per heavy atom. The highest BCUT2D eigenvalue weighted by molar-refractivity contribution is 5.66. The van der Waals surface area contributed by atoms with Gasteiger partial charge in [0.25, 0.3) is 0 Å². The second kappa shape index (κ2) is 10.5. The molecule has 10 heteroatoms. The number of benzene rings is 1. The Hall–Kier alpha value is -3.47. The van der Waals surface area contributed by atoms with Crippen molar-refractivity contribution in [2.45, 2.75) is 51.4 Å². The number of anilines is 2. The fourth-order valence-electron chi connectivity index (χ4n) is 5.09. The maximum Gasteiger partial charge on any atom is 0.229 e. The van der Waals surface area contributed by atoms with Crippen LogP contribution in [-0.2, 0) is 11.3 Å². The number of fused-ring (bicyclic) bond motifs is 1. The summed E-state index contributed by atoms with van der Waals surface area (Å²) >= 11 is 0. The Balaban J connectivity index is 1.47. The van der Waals surface area contributed by atoms with Gasteiger partial charge in [0.1, 0.15) is 11.6 Å². The molecule has 3 heterocycles. The number of aromatic nitrogens is 4. The number of nitrogens with zero attached hydrogens (tertiary/aromatic N) is 4. The monoisotopic (exact) mass is 508 g/mol. The third-order valence-corrected chi connectivity index (χ3v) is 6.99. The molecule has 1 unspecified atom stereocenters. The van der Waals surface area contributed by atoms with Gasteiger partial charge < -0.3 is 20.9 Å². The molecule has 0 aliphatic heterocycles. The number of rotatable bonds is 7. The minimum absolute atomic E-state index is 0.0657. The van der Waals surface area contributed by atoms with E-state index in [1.165, 1.54) is 16.6 Å². The van der Waals surface area contributed by atoms with E-state index in [-0.39, 0.29) is 35.7 Å². The second-order valence-electron chi connectivity index (χ2n) is 9.60. The molecule has 8 nitrogen and oxygen atoms in total. The number of halogens is 2. The van der Waals surface area contributed by atoms with E-state index in [9.17, 15) is 13.9 Å². The number of hydrogen-bond donors (Lipinski definition) is 3. The lowest BCUT2D eigenvalue weighted by Crippen LogP contribution is -2.44. The van der Waals surface area contributed by atoms with Gasteiger partial charge in [0.05, 0.1) is 47.6 Å². The van der Waals surface area contributed by atoms with Gasteiger partial charge in [-0.1, -0.05) is 6.92 Å². The highest BCUT2D eigenvalue weighted by Crippen LogP contribution is 2.39. The van der Waals surface area contributed by atoms with Crippen LogP contribution in [0.4, 0.5) is 20.4 Å². The van der Waals surface area contributed by atoms with E-state index < -0.39 is 17.7 Å². The topological polar surface area (TPSA) is 111 Å². The number of nitrogens with two attached hydrogens (primary N) is 1. The zero-order chi connectivity index (χ0) is 26.1. The molecule has 4 atom stereocenters. The van der Waals surface area contributed by atoms with Crippen LogP contribution in [0.1, 0.15) is 43.7 Å². The largest absolute Gasteiger partial charge is 0.391 e. The van der Waals surface area contributed by atoms with Gasteiger partial charge in [-0.15, -0.1) is 0 Å². The van der Waals surface area contributed by atoms with Crippen LogP contribution >= 0.6 is 0 Å². The molecule has 5 rings (SSSR count). The smallest absolute Gasteiger partial charge is 0.229 e. The van der Waals surface area contributed by atoms with Crippen LogP contribution in [0.15, 0.2) is 48.9 Å². The number of aliphatic hydroxyl groups is 1. The molecule has 0 bridgehead atoms. The highest BCUT2D eigenvalue weighted by Gasteiger charge is 2.34. The SMILES string of the molecule is CCOCc1cc(F)c(-c2ccc3cnc(Nc4cnccc4C4C[C@@H](N)[C@H](O)[C@@H](C)C4)n3n2)c(F)c1. The van der Waals surface area contributed by atoms with Gasteiger partial charge >= 0.3 is 0 Å². The summed E-state index contributed by atoms with van der Waals surface area (Å²) in [4.78, 5) is 8.70. The van der Waals surface area contributed by atoms with Gasteiger partial charge in [-0.25, -0.2) is 13.8 Å². The number of imidazole rings is 1. The van der Waals surface area contributed by atoms with Crippen molar-refractivity contribution < 1.29 is 18.6 Å². The predicted octanol–water partition coefficient (Wildman–Crippen LogP) is 4.55. The molecule has 0 saturated heterocycles. The molecule has 1 fully saturated rings. The molecular formula is C27H30F2N6O2. The quantitative estimate of drug-likeness (QED) is 0.336. The standard InChI is InChI=1S/C27H30F2N6O2/c1-3-37-14-16-9-20(28)25(21(29)10-16)23-5-4-18-12-32-27(35(18)34-23)33-24-13-31-7-6-19(24)17-8-15(2)26(36)22(30)11-17/h4-7,9-10,12-13,15,17,22,26,36H,3,8,11,14,30H2,1-2H3,(H,32,33)/t15-,17?,22+,26+/m0/s1. The molecule has 4 aromatic rings. The Bertz CT molecular complexity index is 1380. The Morgan fingerprint density at radius 2 is 1.95 bits per heavy atom. The van der Waals surface area contributed by atoms with E-state index in [1.54, 1.807) is 30.7 Å². The van der Waals surface area contributed by atoms with Crippen molar-refractivity contribution >= 4 is 17.2 Å². The summed E-state index contributed by atoms with van der Waals surface area (Å²) in [5.41, 5.74) is 8.95. The zero-order valence-electron chi connectivity index (χ0n) is 20.7. The van der Waals surface area contributed by atoms with Gasteiger partial charge in [0.15, 0.2) is 0 Å². The first kappa shape index (κ1) is 25.2. The summed E-state index contributed by atoms with van der Waals surface area (Å²) in [6.45, 7) is 4.40. The molecule has 4 N–H and O–H groups in total. The Labute approximate surface area is 213 Å². The van der Waals surface area contributed by atoms with Crippen molar-refractivity contribution in [1.82, 2.24) is 19.6 Å². The van der Waals surface area contributed by atoms with Gasteiger partial charge in [-0.2, -0.15) is 9.61 Å². The first-order valence-corrected chi connectivity index (χ1v) is 12.4. The molecule has 1 aliphatic rings. The molecule has 3 aromatic heterocycles. The number of ether oxygens (including phenoxy) is 1. The van der Waals surface area contributed by atoms with Crippen LogP contribution < -0.4 is 11.1 Å². The van der Waals surface area contributed by atoms with E-state index in [4.69, 9.17) is 10.5 Å². The van der Waals surface area contributed by atoms with Gasteiger partial charge in [0.2, 0.25) is 5.95 Å². The lowest BCUT2D eigenvalue weighted by molar-refractivity contribution is 0.0521. The van der Waals surface area contributed by atoms with Gasteiger partial charge in [0, 0.05) is 18.8 Å². The fraction of sp³-hybridized carbons (Fsp3) is 0.370. The molecule has 1 saturated carbocycles. The van der Waals surface area contributed by atoms with E-state index in [2.05, 4.69) is 20.4 Å². The van der Waals surface area contributed by atoms with Crippen molar-refractivity contribution in [3.8, 4) is 11.3 Å². The summed E-state index contributed by atoms with van der Waals surface area (Å²) in [6.07, 6.45) is 5.97. The fourth-order valence-corrected chi connectivity index (χ4v) is 5.09. The molecule has 0 amide bonds. The molecule has 0 spiro atoms. The molecule has 194 valence electrons. The summed E-state index contributed by atoms with van der Waals surface area (Å²) in [6, 6.07) is 7.43. The minimum atomic E-state index is -0.712. The van der Waals surface area contributed by atoms with E-state index >= 15 is 0 Å². The van der Waals surface area contributed by atoms with Crippen molar-refractivity contribution in [2.75, 3.05) is 11.9 Å². The van der Waals surface area contributed by atoms with E-state index in [0.29, 0.717) is 30.1 Å². The Morgan fingerprint density at radius 1 is 1.16 bits per heavy atom. The third kappa shape index (κ3) is 5.04. The summed E-state index contributed by atoms with van der Waals surface area (Å²) < 4.78 is 36.7. The lowest BCUT2D eigenvalue weighted by atomic mass is 9.74. The van der Waals surface area contributed by atoms with Crippen LogP contribution in [0.5, 0.6) is 0 Å². The number of pyridine rings is 1. The van der Waals surface area contributed by atoms with Crippen LogP contribution in [-0.4, -0.2) is 43.4 Å². The maximum absolute atomic E-state index is 14.9. The number of hydrogen-bond acceptors (Lipinski definition) is 7. The molecule has 1 aliphatic carbocycles. The second-order valence-corrected chi connectivity index (χ2v) is 9.60. The third-order valence-electron chi connectivity index (χ3n) is 6.99. The minimum Gasteiger partial charge on any atom is -0.391 e. The molecular weight excluding hydrogens is 478 g/mol. The summed E-state index contributed by atoms with van der Waals surface area (Å²) in [5, 5.41) is 18.1. The van der Waals surface area contributed by atoms with Crippen LogP contribution in [0.3, 0.4) is 0 Å². The molecule has 1 aromatic carbocycles. The van der Waals surface area contributed by atoms with E-state index in [0.717, 1.165) is 17.7 Å². The summed E-state index contributed by atoms with van der Waals surface area (Å²) in [5.74, 6) is -0.845. The molecule has 0 radical (unpaired) electrons. The Kier molecular flexibility index (Phi) is 7.14. The van der Waals surface area contributed by atoms with Crippen LogP contribution in [0.25, 0.3) is 16.8 Å². The van der Waals surface area contributed by atoms with Crippen molar-refractivity contribution in [1.29, 1.82) is 0 Å². The predicted molar refractivity (Wildman–Crippen MR) is 136 cm³/mol. The summed E-state index contributed by atoms with van der Waals surface area (Å²) in [7, 11) is 0. The highest BCUT2D eigenvalue weighted by atomic mass is 19.1. The van der Waals surface area contributed by atoms with Crippen molar-refractivity contribution in [3.05, 3.63) is 71.7 Å². The van der Waals surface area contributed by atoms with Crippen molar-refractivity contribution in [3.63, 3.8) is 0 Å². The average molecular weight is 509 g/mol. The maximum atomic E-state index is 14.9. The first-order chi connectivity index (χ1) is 17.9. The average Bonchev–Trinajstić information content (AvgIpc) is 3.27. The lowest BCUT2D eigenvalue weighted by Gasteiger charge is -2.36. The normalized spacial score (nSPS) is 21.9. The van der Waals surface area contributed by atoms with Gasteiger partial charge in [-0.3, -0.25) is 4.98 Å².